The van der Waals surface area contributed by atoms with Gasteiger partial charge in [-0.15, -0.1) is 0 Å². The summed E-state index contributed by atoms with van der Waals surface area (Å²) in [7, 11) is 2.01. The van der Waals surface area contributed by atoms with Crippen LogP contribution in [0.25, 0.3) is 0 Å². The lowest BCUT2D eigenvalue weighted by molar-refractivity contribution is -0.142. The van der Waals surface area contributed by atoms with Gasteiger partial charge in [0.05, 0.1) is 18.1 Å². The van der Waals surface area contributed by atoms with Crippen LogP contribution >= 0.6 is 0 Å². The highest BCUT2D eigenvalue weighted by molar-refractivity contribution is 5.69. The Bertz CT molecular complexity index is 234. The molecule has 4 heteroatoms. The van der Waals surface area contributed by atoms with Crippen LogP contribution in [0.1, 0.15) is 33.6 Å². The number of carboxylic acid groups (broad SMARTS) is 1. The molecule has 0 bridgehead atoms. The van der Waals surface area contributed by atoms with E-state index in [2.05, 4.69) is 18.7 Å². The molecule has 16 heavy (non-hydrogen) atoms. The van der Waals surface area contributed by atoms with E-state index in [0.717, 1.165) is 12.8 Å². The first-order chi connectivity index (χ1) is 7.40. The molecule has 3 atom stereocenters. The lowest BCUT2D eigenvalue weighted by atomic mass is 9.97. The molecule has 0 amide bonds. The average Bonchev–Trinajstić information content (AvgIpc) is 2.15. The van der Waals surface area contributed by atoms with Crippen LogP contribution in [-0.4, -0.2) is 47.8 Å². The Morgan fingerprint density at radius 2 is 1.94 bits per heavy atom. The highest BCUT2D eigenvalue weighted by atomic mass is 16.5. The van der Waals surface area contributed by atoms with Gasteiger partial charge < -0.3 is 14.7 Å². The second-order valence-corrected chi connectivity index (χ2v) is 5.06. The molecule has 1 aliphatic rings. The summed E-state index contributed by atoms with van der Waals surface area (Å²) in [6.07, 6.45) is 2.54. The first-order valence-electron chi connectivity index (χ1n) is 5.98. The van der Waals surface area contributed by atoms with Crippen LogP contribution in [0.2, 0.25) is 0 Å². The molecule has 4 nitrogen and oxygen atoms in total. The third-order valence-electron chi connectivity index (χ3n) is 3.28. The predicted molar refractivity (Wildman–Crippen MR) is 62.5 cm³/mol. The molecule has 1 aliphatic heterocycles. The van der Waals surface area contributed by atoms with Gasteiger partial charge in [0.25, 0.3) is 0 Å². The molecule has 3 unspecified atom stereocenters. The van der Waals surface area contributed by atoms with E-state index in [1.807, 2.05) is 7.05 Å². The Kier molecular flexibility index (Phi) is 4.74. The third-order valence-corrected chi connectivity index (χ3v) is 3.28. The number of ether oxygens (including phenoxy) is 1. The number of carboxylic acids is 1. The largest absolute Gasteiger partial charge is 0.481 e. The van der Waals surface area contributed by atoms with Crippen LogP contribution in [0.3, 0.4) is 0 Å². The third kappa shape index (κ3) is 3.76. The lowest BCUT2D eigenvalue weighted by Gasteiger charge is -2.38. The van der Waals surface area contributed by atoms with E-state index in [4.69, 9.17) is 9.84 Å². The smallest absolute Gasteiger partial charge is 0.307 e. The zero-order valence-corrected chi connectivity index (χ0v) is 10.6. The van der Waals surface area contributed by atoms with Crippen molar-refractivity contribution in [3.05, 3.63) is 0 Å². The fourth-order valence-corrected chi connectivity index (χ4v) is 2.39. The van der Waals surface area contributed by atoms with Gasteiger partial charge in [0.2, 0.25) is 0 Å². The first-order valence-corrected chi connectivity index (χ1v) is 5.98. The summed E-state index contributed by atoms with van der Waals surface area (Å²) in [6.45, 7) is 6.53. The second kappa shape index (κ2) is 5.64. The number of hydrogen-bond donors (Lipinski definition) is 1. The molecule has 1 saturated heterocycles. The predicted octanol–water partition coefficient (Wildman–Crippen LogP) is 1.59. The van der Waals surface area contributed by atoms with E-state index in [9.17, 15) is 4.79 Å². The Labute approximate surface area is 97.6 Å². The number of carbonyl (C=O) groups is 1. The van der Waals surface area contributed by atoms with Crippen molar-refractivity contribution in [3.8, 4) is 0 Å². The van der Waals surface area contributed by atoms with Crippen molar-refractivity contribution in [2.45, 2.75) is 51.9 Å². The van der Waals surface area contributed by atoms with E-state index < -0.39 is 5.97 Å². The fraction of sp³-hybridized carbons (Fsp3) is 0.917. The number of rotatable bonds is 4. The molecule has 0 aromatic heterocycles. The highest BCUT2D eigenvalue weighted by Gasteiger charge is 2.28. The summed E-state index contributed by atoms with van der Waals surface area (Å²) in [4.78, 5) is 13.0. The van der Waals surface area contributed by atoms with Gasteiger partial charge in [0.1, 0.15) is 0 Å². The van der Waals surface area contributed by atoms with E-state index in [1.165, 1.54) is 0 Å². The van der Waals surface area contributed by atoms with E-state index in [-0.39, 0.29) is 18.1 Å². The summed E-state index contributed by atoms with van der Waals surface area (Å²) >= 11 is 0. The Balaban J connectivity index is 2.46. The molecule has 94 valence electrons. The van der Waals surface area contributed by atoms with Crippen molar-refractivity contribution in [2.75, 3.05) is 13.6 Å². The summed E-state index contributed by atoms with van der Waals surface area (Å²) < 4.78 is 5.68. The second-order valence-electron chi connectivity index (χ2n) is 5.06. The van der Waals surface area contributed by atoms with Gasteiger partial charge >= 0.3 is 5.97 Å². The molecule has 1 fully saturated rings. The van der Waals surface area contributed by atoms with Gasteiger partial charge in [0.15, 0.2) is 0 Å². The maximum absolute atomic E-state index is 10.8. The molecule has 0 radical (unpaired) electrons. The molecule has 0 spiro atoms. The van der Waals surface area contributed by atoms with Crippen LogP contribution < -0.4 is 0 Å². The van der Waals surface area contributed by atoms with Gasteiger partial charge in [-0.3, -0.25) is 4.79 Å². The highest BCUT2D eigenvalue weighted by Crippen LogP contribution is 2.23. The number of aliphatic carboxylic acids is 1. The molecule has 0 aliphatic carbocycles. The molecule has 1 N–H and O–H groups in total. The van der Waals surface area contributed by atoms with Gasteiger partial charge in [-0.2, -0.15) is 0 Å². The zero-order valence-electron chi connectivity index (χ0n) is 10.6. The normalized spacial score (nSPS) is 32.7. The Morgan fingerprint density at radius 3 is 2.38 bits per heavy atom. The van der Waals surface area contributed by atoms with Crippen molar-refractivity contribution in [3.63, 3.8) is 0 Å². The maximum Gasteiger partial charge on any atom is 0.307 e. The van der Waals surface area contributed by atoms with Crippen molar-refractivity contribution >= 4 is 5.97 Å². The van der Waals surface area contributed by atoms with E-state index in [0.29, 0.717) is 12.6 Å². The van der Waals surface area contributed by atoms with Gasteiger partial charge in [-0.25, -0.2) is 0 Å². The summed E-state index contributed by atoms with van der Waals surface area (Å²) in [5.41, 5.74) is 0. The van der Waals surface area contributed by atoms with Gasteiger partial charge in [0, 0.05) is 12.6 Å². The zero-order chi connectivity index (χ0) is 12.3. The minimum atomic E-state index is -0.722. The summed E-state index contributed by atoms with van der Waals surface area (Å²) in [5, 5.41) is 8.88. The van der Waals surface area contributed by atoms with Crippen LogP contribution in [-0.2, 0) is 9.53 Å². The summed E-state index contributed by atoms with van der Waals surface area (Å²) in [5.74, 6) is -1.03. The topological polar surface area (TPSA) is 49.8 Å². The standard InChI is InChI=1S/C12H23NO3/c1-8(12(14)15)7-13(4)11-5-9(2)16-10(3)6-11/h8-11H,5-7H2,1-4H3,(H,14,15). The lowest BCUT2D eigenvalue weighted by Crippen LogP contribution is -2.44. The molecular formula is C12H23NO3. The van der Waals surface area contributed by atoms with E-state index in [1.54, 1.807) is 6.92 Å². The molecule has 0 aromatic rings. The van der Waals surface area contributed by atoms with Crippen LogP contribution in [0.4, 0.5) is 0 Å². The minimum absolute atomic E-state index is 0.274. The fourth-order valence-electron chi connectivity index (χ4n) is 2.39. The van der Waals surface area contributed by atoms with Crippen molar-refractivity contribution < 1.29 is 14.6 Å². The molecular weight excluding hydrogens is 206 g/mol. The van der Waals surface area contributed by atoms with E-state index >= 15 is 0 Å². The van der Waals surface area contributed by atoms with Crippen LogP contribution in [0.5, 0.6) is 0 Å². The molecule has 1 rings (SSSR count). The van der Waals surface area contributed by atoms with Crippen LogP contribution in [0.15, 0.2) is 0 Å². The van der Waals surface area contributed by atoms with Crippen molar-refractivity contribution in [2.24, 2.45) is 5.92 Å². The van der Waals surface area contributed by atoms with Gasteiger partial charge in [-0.1, -0.05) is 6.92 Å². The van der Waals surface area contributed by atoms with Crippen molar-refractivity contribution in [1.82, 2.24) is 4.90 Å². The number of hydrogen-bond acceptors (Lipinski definition) is 3. The molecule has 1 heterocycles. The molecule has 0 aromatic carbocycles. The van der Waals surface area contributed by atoms with Gasteiger partial charge in [-0.05, 0) is 33.7 Å². The maximum atomic E-state index is 10.8. The average molecular weight is 229 g/mol. The molecule has 0 saturated carbocycles. The Morgan fingerprint density at radius 1 is 1.44 bits per heavy atom. The quantitative estimate of drug-likeness (QED) is 0.795. The monoisotopic (exact) mass is 229 g/mol. The first kappa shape index (κ1) is 13.5. The van der Waals surface area contributed by atoms with Crippen molar-refractivity contribution in [1.29, 1.82) is 0 Å². The van der Waals surface area contributed by atoms with Crippen LogP contribution in [0, 0.1) is 5.92 Å². The SMILES string of the molecule is CC1CC(N(C)CC(C)C(=O)O)CC(C)O1. The minimum Gasteiger partial charge on any atom is -0.481 e. The number of nitrogens with zero attached hydrogens (tertiary/aromatic N) is 1. The Hall–Kier alpha value is -0.610. The summed E-state index contributed by atoms with van der Waals surface area (Å²) in [6, 6.07) is 0.445.